The third-order valence-electron chi connectivity index (χ3n) is 2.68. The second-order valence-corrected chi connectivity index (χ2v) is 5.53. The van der Waals surface area contributed by atoms with E-state index in [0.29, 0.717) is 28.8 Å². The third kappa shape index (κ3) is 4.85. The summed E-state index contributed by atoms with van der Waals surface area (Å²) in [4.78, 5) is 23.4. The molecule has 1 N–H and O–H groups in total. The highest BCUT2D eigenvalue weighted by atomic mass is 35.5. The highest BCUT2D eigenvalue weighted by Crippen LogP contribution is 2.24. The lowest BCUT2D eigenvalue weighted by Gasteiger charge is -2.17. The molecule has 110 valence electrons. The van der Waals surface area contributed by atoms with Crippen molar-refractivity contribution in [3.8, 4) is 5.75 Å². The first-order chi connectivity index (χ1) is 9.31. The molecule has 0 aliphatic rings. The summed E-state index contributed by atoms with van der Waals surface area (Å²) in [6, 6.07) is 4.77. The van der Waals surface area contributed by atoms with Crippen LogP contribution in [0.5, 0.6) is 5.75 Å². The summed E-state index contributed by atoms with van der Waals surface area (Å²) >= 11 is 5.86. The van der Waals surface area contributed by atoms with Gasteiger partial charge in [0.2, 0.25) is 0 Å². The summed E-state index contributed by atoms with van der Waals surface area (Å²) in [7, 11) is 0. The quantitative estimate of drug-likeness (QED) is 0.821. The van der Waals surface area contributed by atoms with Crippen LogP contribution in [0.15, 0.2) is 18.2 Å². The number of rotatable bonds is 6. The van der Waals surface area contributed by atoms with E-state index in [1.165, 1.54) is 13.0 Å². The number of halogens is 1. The standard InChI is InChI=1S/C15H20ClNO3/c1-9(2)8-17-15(19)11(4)20-14-6-5-12(16)7-13(14)10(3)18/h5-7,9,11H,8H2,1-4H3,(H,17,19). The van der Waals surface area contributed by atoms with Crippen molar-refractivity contribution in [1.29, 1.82) is 0 Å². The molecule has 1 aromatic rings. The molecule has 1 rings (SSSR count). The van der Waals surface area contributed by atoms with Gasteiger partial charge in [-0.15, -0.1) is 0 Å². The van der Waals surface area contributed by atoms with Crippen LogP contribution >= 0.6 is 11.6 Å². The summed E-state index contributed by atoms with van der Waals surface area (Å²) in [5, 5.41) is 3.25. The molecule has 4 nitrogen and oxygen atoms in total. The summed E-state index contributed by atoms with van der Waals surface area (Å²) in [5.74, 6) is 0.379. The summed E-state index contributed by atoms with van der Waals surface area (Å²) in [6.07, 6.45) is -0.673. The molecule has 0 spiro atoms. The fourth-order valence-electron chi connectivity index (χ4n) is 1.57. The molecule has 20 heavy (non-hydrogen) atoms. The zero-order valence-corrected chi connectivity index (χ0v) is 13.0. The van der Waals surface area contributed by atoms with E-state index in [2.05, 4.69) is 5.32 Å². The maximum Gasteiger partial charge on any atom is 0.260 e. The second-order valence-electron chi connectivity index (χ2n) is 5.10. The molecular weight excluding hydrogens is 278 g/mol. The molecule has 0 aromatic heterocycles. The van der Waals surface area contributed by atoms with Crippen LogP contribution in [0.1, 0.15) is 38.1 Å². The Hall–Kier alpha value is -1.55. The monoisotopic (exact) mass is 297 g/mol. The first-order valence-corrected chi connectivity index (χ1v) is 6.94. The van der Waals surface area contributed by atoms with Gasteiger partial charge in [-0.1, -0.05) is 25.4 Å². The van der Waals surface area contributed by atoms with Gasteiger partial charge in [0.1, 0.15) is 5.75 Å². The van der Waals surface area contributed by atoms with Crippen molar-refractivity contribution in [3.63, 3.8) is 0 Å². The normalized spacial score (nSPS) is 12.1. The van der Waals surface area contributed by atoms with E-state index in [4.69, 9.17) is 16.3 Å². The number of carbonyl (C=O) groups is 2. The minimum atomic E-state index is -0.673. The molecule has 0 saturated carbocycles. The number of nitrogens with one attached hydrogen (secondary N) is 1. The molecule has 1 atom stereocenters. The van der Waals surface area contributed by atoms with Gasteiger partial charge in [0.15, 0.2) is 11.9 Å². The van der Waals surface area contributed by atoms with Crippen LogP contribution in [0, 0.1) is 5.92 Å². The first kappa shape index (κ1) is 16.5. The topological polar surface area (TPSA) is 55.4 Å². The average Bonchev–Trinajstić information content (AvgIpc) is 2.37. The molecule has 0 bridgehead atoms. The van der Waals surface area contributed by atoms with E-state index in [1.54, 1.807) is 19.1 Å². The molecule has 0 heterocycles. The predicted molar refractivity (Wildman–Crippen MR) is 79.4 cm³/mol. The van der Waals surface area contributed by atoms with Crippen LogP contribution in [0.4, 0.5) is 0 Å². The van der Waals surface area contributed by atoms with E-state index >= 15 is 0 Å². The maximum absolute atomic E-state index is 11.9. The number of hydrogen-bond donors (Lipinski definition) is 1. The van der Waals surface area contributed by atoms with Gasteiger partial charge in [0, 0.05) is 11.6 Å². The number of carbonyl (C=O) groups excluding carboxylic acids is 2. The largest absolute Gasteiger partial charge is 0.480 e. The Morgan fingerprint density at radius 1 is 1.30 bits per heavy atom. The fourth-order valence-corrected chi connectivity index (χ4v) is 1.74. The Bertz CT molecular complexity index is 500. The molecule has 5 heteroatoms. The van der Waals surface area contributed by atoms with E-state index in [1.807, 2.05) is 13.8 Å². The van der Waals surface area contributed by atoms with Gasteiger partial charge >= 0.3 is 0 Å². The summed E-state index contributed by atoms with van der Waals surface area (Å²) in [6.45, 7) is 7.70. The van der Waals surface area contributed by atoms with Crippen molar-refractivity contribution in [3.05, 3.63) is 28.8 Å². The summed E-state index contributed by atoms with van der Waals surface area (Å²) in [5.41, 5.74) is 0.376. The van der Waals surface area contributed by atoms with Gasteiger partial charge in [-0.3, -0.25) is 9.59 Å². The van der Waals surface area contributed by atoms with E-state index in [9.17, 15) is 9.59 Å². The van der Waals surface area contributed by atoms with E-state index in [-0.39, 0.29) is 11.7 Å². The van der Waals surface area contributed by atoms with Crippen molar-refractivity contribution in [2.75, 3.05) is 6.54 Å². The molecule has 0 aliphatic carbocycles. The summed E-state index contributed by atoms with van der Waals surface area (Å²) < 4.78 is 5.56. The van der Waals surface area contributed by atoms with Gasteiger partial charge in [0.25, 0.3) is 5.91 Å². The molecule has 1 amide bonds. The zero-order chi connectivity index (χ0) is 15.3. The van der Waals surface area contributed by atoms with E-state index in [0.717, 1.165) is 0 Å². The van der Waals surface area contributed by atoms with Crippen LogP contribution in [0.25, 0.3) is 0 Å². The number of ketones is 1. The predicted octanol–water partition coefficient (Wildman–Crippen LogP) is 3.08. The maximum atomic E-state index is 11.9. The van der Waals surface area contributed by atoms with Gasteiger partial charge in [-0.2, -0.15) is 0 Å². The molecule has 1 aromatic carbocycles. The Morgan fingerprint density at radius 2 is 1.95 bits per heavy atom. The smallest absolute Gasteiger partial charge is 0.260 e. The van der Waals surface area contributed by atoms with E-state index < -0.39 is 6.10 Å². The highest BCUT2D eigenvalue weighted by molar-refractivity contribution is 6.31. The lowest BCUT2D eigenvalue weighted by Crippen LogP contribution is -2.38. The first-order valence-electron chi connectivity index (χ1n) is 6.56. The highest BCUT2D eigenvalue weighted by Gasteiger charge is 2.18. The number of ether oxygens (including phenoxy) is 1. The molecule has 0 radical (unpaired) electrons. The Kier molecular flexibility index (Phi) is 6.02. The van der Waals surface area contributed by atoms with Crippen molar-refractivity contribution in [2.45, 2.75) is 33.8 Å². The van der Waals surface area contributed by atoms with Crippen LogP contribution in [-0.4, -0.2) is 24.3 Å². The van der Waals surface area contributed by atoms with Gasteiger partial charge in [0.05, 0.1) is 5.56 Å². The van der Waals surface area contributed by atoms with Crippen molar-refractivity contribution in [1.82, 2.24) is 5.32 Å². The van der Waals surface area contributed by atoms with Crippen LogP contribution in [0.3, 0.4) is 0 Å². The molecule has 0 aliphatic heterocycles. The zero-order valence-electron chi connectivity index (χ0n) is 12.2. The number of amides is 1. The van der Waals surface area contributed by atoms with Crippen LogP contribution < -0.4 is 10.1 Å². The van der Waals surface area contributed by atoms with Crippen molar-refractivity contribution >= 4 is 23.3 Å². The Labute approximate surface area is 124 Å². The average molecular weight is 298 g/mol. The Balaban J connectivity index is 2.77. The van der Waals surface area contributed by atoms with Gasteiger partial charge in [-0.05, 0) is 38.0 Å². The SMILES string of the molecule is CC(=O)c1cc(Cl)ccc1OC(C)C(=O)NCC(C)C. The molecule has 0 fully saturated rings. The third-order valence-corrected chi connectivity index (χ3v) is 2.91. The van der Waals surface area contributed by atoms with Crippen LogP contribution in [0.2, 0.25) is 5.02 Å². The lowest BCUT2D eigenvalue weighted by molar-refractivity contribution is -0.127. The molecule has 1 unspecified atom stereocenters. The second kappa shape index (κ2) is 7.29. The van der Waals surface area contributed by atoms with Crippen molar-refractivity contribution < 1.29 is 14.3 Å². The van der Waals surface area contributed by atoms with Gasteiger partial charge in [-0.25, -0.2) is 0 Å². The molecule has 0 saturated heterocycles. The van der Waals surface area contributed by atoms with Crippen LogP contribution in [-0.2, 0) is 4.79 Å². The van der Waals surface area contributed by atoms with Crippen molar-refractivity contribution in [2.24, 2.45) is 5.92 Å². The lowest BCUT2D eigenvalue weighted by atomic mass is 10.1. The van der Waals surface area contributed by atoms with Gasteiger partial charge < -0.3 is 10.1 Å². The number of Topliss-reactive ketones (excluding diaryl/α,β-unsaturated/α-hetero) is 1. The fraction of sp³-hybridized carbons (Fsp3) is 0.467. The Morgan fingerprint density at radius 3 is 2.50 bits per heavy atom. The minimum absolute atomic E-state index is 0.155. The number of hydrogen-bond acceptors (Lipinski definition) is 3. The number of benzene rings is 1. The minimum Gasteiger partial charge on any atom is -0.480 e. The molecular formula is C15H20ClNO3.